The normalized spacial score (nSPS) is 19.4. The van der Waals surface area contributed by atoms with Crippen LogP contribution in [0.4, 0.5) is 0 Å². The van der Waals surface area contributed by atoms with Crippen molar-refractivity contribution in [3.05, 3.63) is 48.0 Å². The van der Waals surface area contributed by atoms with E-state index in [1.54, 1.807) is 24.4 Å². The molecule has 7 heteroatoms. The first kappa shape index (κ1) is 19.9. The van der Waals surface area contributed by atoms with E-state index in [2.05, 4.69) is 53.5 Å². The Morgan fingerprint density at radius 2 is 2.03 bits per heavy atom. The highest BCUT2D eigenvalue weighted by atomic mass is 32.2. The number of hydrogen-bond donors (Lipinski definition) is 1. The molecule has 1 aromatic carbocycles. The molecule has 1 aliphatic rings. The second-order valence-corrected chi connectivity index (χ2v) is 8.96. The van der Waals surface area contributed by atoms with Crippen LogP contribution in [0.3, 0.4) is 0 Å². The third kappa shape index (κ3) is 4.96. The Balaban J connectivity index is 1.23. The fourth-order valence-electron chi connectivity index (χ4n) is 3.99. The zero-order chi connectivity index (χ0) is 20.2. The van der Waals surface area contributed by atoms with Gasteiger partial charge in [0.15, 0.2) is 0 Å². The van der Waals surface area contributed by atoms with Crippen molar-refractivity contribution < 1.29 is 4.79 Å². The van der Waals surface area contributed by atoms with Gasteiger partial charge in [0.1, 0.15) is 12.7 Å². The maximum absolute atomic E-state index is 12.4. The van der Waals surface area contributed by atoms with Crippen LogP contribution in [0.2, 0.25) is 0 Å². The van der Waals surface area contributed by atoms with Crippen LogP contribution in [-0.2, 0) is 4.79 Å². The molecule has 1 amide bonds. The van der Waals surface area contributed by atoms with Gasteiger partial charge in [-0.25, -0.2) is 14.6 Å². The summed E-state index contributed by atoms with van der Waals surface area (Å²) in [5, 5.41) is 9.62. The molecule has 0 spiro atoms. The minimum atomic E-state index is 0.134. The third-order valence-electron chi connectivity index (χ3n) is 5.60. The van der Waals surface area contributed by atoms with Crippen molar-refractivity contribution in [3.8, 4) is 0 Å². The lowest BCUT2D eigenvalue weighted by Gasteiger charge is -2.29. The average molecular weight is 410 g/mol. The van der Waals surface area contributed by atoms with Gasteiger partial charge in [-0.05, 0) is 63.3 Å². The second-order valence-electron chi connectivity index (χ2n) is 7.84. The molecule has 152 valence electrons. The van der Waals surface area contributed by atoms with E-state index in [4.69, 9.17) is 4.98 Å². The summed E-state index contributed by atoms with van der Waals surface area (Å²) < 4.78 is 1.94. The molecule has 0 bridgehead atoms. The van der Waals surface area contributed by atoms with E-state index in [0.717, 1.165) is 42.0 Å². The van der Waals surface area contributed by atoms with Crippen LogP contribution in [-0.4, -0.2) is 37.5 Å². The Morgan fingerprint density at radius 3 is 2.79 bits per heavy atom. The smallest absolute Gasteiger partial charge is 0.221 e. The number of aryl methyl sites for hydroxylation is 2. The first-order chi connectivity index (χ1) is 14.1. The number of hydrogen-bond acceptors (Lipinski definition) is 5. The van der Waals surface area contributed by atoms with E-state index < -0.39 is 0 Å². The van der Waals surface area contributed by atoms with E-state index in [1.807, 2.05) is 4.68 Å². The highest BCUT2D eigenvalue weighted by Crippen LogP contribution is 2.28. The lowest BCUT2D eigenvalue weighted by atomic mass is 9.91. The summed E-state index contributed by atoms with van der Waals surface area (Å²) in [5.74, 6) is 0.874. The van der Waals surface area contributed by atoms with Crippen LogP contribution >= 0.6 is 11.8 Å². The van der Waals surface area contributed by atoms with Gasteiger partial charge in [-0.3, -0.25) is 4.79 Å². The number of carbonyl (C=O) groups excluding carboxylic acids is 1. The number of pyridine rings is 1. The van der Waals surface area contributed by atoms with Crippen LogP contribution in [0.1, 0.15) is 49.3 Å². The van der Waals surface area contributed by atoms with E-state index in [1.165, 1.54) is 16.5 Å². The Morgan fingerprint density at radius 1 is 1.21 bits per heavy atom. The minimum absolute atomic E-state index is 0.134. The number of aromatic nitrogens is 4. The lowest BCUT2D eigenvalue weighted by Crippen LogP contribution is -2.38. The second kappa shape index (κ2) is 8.95. The molecule has 0 saturated heterocycles. The summed E-state index contributed by atoms with van der Waals surface area (Å²) in [6.07, 6.45) is 7.93. The molecule has 1 aliphatic carbocycles. The number of thioether (sulfide) groups is 1. The molecule has 2 heterocycles. The topological polar surface area (TPSA) is 72.7 Å². The number of rotatable bonds is 6. The predicted octanol–water partition coefficient (Wildman–Crippen LogP) is 4.23. The number of amides is 1. The molecule has 3 aromatic rings. The molecule has 0 unspecified atom stereocenters. The molecule has 2 aromatic heterocycles. The van der Waals surface area contributed by atoms with Gasteiger partial charge in [0.05, 0.1) is 16.6 Å². The quantitative estimate of drug-likeness (QED) is 0.617. The summed E-state index contributed by atoms with van der Waals surface area (Å²) >= 11 is 1.65. The summed E-state index contributed by atoms with van der Waals surface area (Å²) in [4.78, 5) is 21.1. The molecule has 1 fully saturated rings. The Hall–Kier alpha value is -2.41. The zero-order valence-corrected chi connectivity index (χ0v) is 17.8. The van der Waals surface area contributed by atoms with Gasteiger partial charge in [0, 0.05) is 23.6 Å². The maximum Gasteiger partial charge on any atom is 0.221 e. The average Bonchev–Trinajstić information content (AvgIpc) is 3.24. The lowest BCUT2D eigenvalue weighted by molar-refractivity contribution is -0.121. The summed E-state index contributed by atoms with van der Waals surface area (Å²) in [5.41, 5.74) is 3.50. The highest BCUT2D eigenvalue weighted by molar-refractivity contribution is 7.99. The summed E-state index contributed by atoms with van der Waals surface area (Å²) in [7, 11) is 0. The Bertz CT molecular complexity index is 980. The van der Waals surface area contributed by atoms with Crippen molar-refractivity contribution in [2.45, 2.75) is 63.1 Å². The van der Waals surface area contributed by atoms with Crippen molar-refractivity contribution in [1.82, 2.24) is 25.1 Å². The van der Waals surface area contributed by atoms with Crippen LogP contribution in [0.25, 0.3) is 10.9 Å². The molecule has 4 rings (SSSR count). The van der Waals surface area contributed by atoms with Gasteiger partial charge >= 0.3 is 0 Å². The van der Waals surface area contributed by atoms with Gasteiger partial charge in [-0.1, -0.05) is 11.6 Å². The van der Waals surface area contributed by atoms with E-state index in [-0.39, 0.29) is 11.9 Å². The van der Waals surface area contributed by atoms with Crippen LogP contribution in [0, 0.1) is 13.8 Å². The van der Waals surface area contributed by atoms with Crippen molar-refractivity contribution in [1.29, 1.82) is 0 Å². The van der Waals surface area contributed by atoms with Crippen LogP contribution in [0.5, 0.6) is 0 Å². The molecule has 0 radical (unpaired) electrons. The molecule has 1 saturated carbocycles. The number of nitrogens with zero attached hydrogens (tertiary/aromatic N) is 4. The van der Waals surface area contributed by atoms with Gasteiger partial charge in [0.25, 0.3) is 0 Å². The number of nitrogens with one attached hydrogen (secondary N) is 1. The van der Waals surface area contributed by atoms with Crippen LogP contribution in [0.15, 0.2) is 41.9 Å². The first-order valence-corrected chi connectivity index (χ1v) is 11.2. The predicted molar refractivity (Wildman–Crippen MR) is 116 cm³/mol. The molecule has 1 N–H and O–H groups in total. The third-order valence-corrected chi connectivity index (χ3v) is 6.51. The fraction of sp³-hybridized carbons (Fsp3) is 0.455. The van der Waals surface area contributed by atoms with Gasteiger partial charge < -0.3 is 5.32 Å². The molecule has 0 aliphatic heterocycles. The van der Waals surface area contributed by atoms with Crippen molar-refractivity contribution in [2.24, 2.45) is 0 Å². The van der Waals surface area contributed by atoms with E-state index >= 15 is 0 Å². The largest absolute Gasteiger partial charge is 0.353 e. The number of carbonyl (C=O) groups is 1. The molecular formula is C22H27N5OS. The van der Waals surface area contributed by atoms with Crippen molar-refractivity contribution in [2.75, 3.05) is 5.75 Å². The zero-order valence-electron chi connectivity index (χ0n) is 17.0. The molecule has 29 heavy (non-hydrogen) atoms. The van der Waals surface area contributed by atoms with Crippen molar-refractivity contribution in [3.63, 3.8) is 0 Å². The van der Waals surface area contributed by atoms with E-state index in [9.17, 15) is 4.79 Å². The monoisotopic (exact) mass is 409 g/mol. The fourth-order valence-corrected chi connectivity index (χ4v) is 4.91. The standard InChI is InChI=1S/C22H27N5OS/c1-15-3-8-20-19(11-15)16(2)12-22(26-20)29-10-9-21(28)25-17-4-6-18(7-5-17)27-14-23-13-24-27/h3,8,11-14,17-18H,4-7,9-10H2,1-2H3,(H,25,28). The Kier molecular flexibility index (Phi) is 6.13. The van der Waals surface area contributed by atoms with Crippen LogP contribution < -0.4 is 5.32 Å². The molecule has 0 atom stereocenters. The maximum atomic E-state index is 12.4. The highest BCUT2D eigenvalue weighted by Gasteiger charge is 2.23. The minimum Gasteiger partial charge on any atom is -0.353 e. The Labute approximate surface area is 175 Å². The summed E-state index contributed by atoms with van der Waals surface area (Å²) in [6.45, 7) is 4.22. The SMILES string of the molecule is Cc1ccc2nc(SCCC(=O)NC3CCC(n4cncn4)CC3)cc(C)c2c1. The number of fused-ring (bicyclic) bond motifs is 1. The van der Waals surface area contributed by atoms with Gasteiger partial charge in [-0.2, -0.15) is 5.10 Å². The van der Waals surface area contributed by atoms with Gasteiger partial charge in [-0.15, -0.1) is 11.8 Å². The van der Waals surface area contributed by atoms with Crippen molar-refractivity contribution >= 4 is 28.6 Å². The summed E-state index contributed by atoms with van der Waals surface area (Å²) in [6, 6.07) is 9.15. The molecule has 6 nitrogen and oxygen atoms in total. The first-order valence-electron chi connectivity index (χ1n) is 10.2. The molecular weight excluding hydrogens is 382 g/mol. The van der Waals surface area contributed by atoms with E-state index in [0.29, 0.717) is 12.5 Å². The van der Waals surface area contributed by atoms with Gasteiger partial charge in [0.2, 0.25) is 5.91 Å². The number of benzene rings is 1.